The highest BCUT2D eigenvalue weighted by atomic mass is 32.2. The summed E-state index contributed by atoms with van der Waals surface area (Å²) in [5, 5.41) is 3.88. The molecule has 0 spiro atoms. The number of nitrogens with zero attached hydrogens (tertiary/aromatic N) is 1. The fraction of sp³-hybridized carbons (Fsp3) is 0.125. The smallest absolute Gasteiger partial charge is 0.266 e. The molecule has 0 radical (unpaired) electrons. The van der Waals surface area contributed by atoms with Gasteiger partial charge < -0.3 is 10.3 Å². The van der Waals surface area contributed by atoms with E-state index in [1.54, 1.807) is 12.1 Å². The van der Waals surface area contributed by atoms with E-state index in [0.29, 0.717) is 5.56 Å². The second-order valence-electron chi connectivity index (χ2n) is 7.87. The first-order valence-electron chi connectivity index (χ1n) is 10.3. The fourth-order valence-corrected chi connectivity index (χ4v) is 5.32. The molecule has 3 N–H and O–H groups in total. The van der Waals surface area contributed by atoms with E-state index in [1.165, 1.54) is 18.2 Å². The highest BCUT2D eigenvalue weighted by molar-refractivity contribution is 7.90. The number of rotatable bonds is 4. The second-order valence-corrected chi connectivity index (χ2v) is 9.52. The zero-order chi connectivity index (χ0) is 23.2. The van der Waals surface area contributed by atoms with E-state index in [9.17, 15) is 12.8 Å². The molecule has 0 aliphatic carbocycles. The molecule has 0 bridgehead atoms. The van der Waals surface area contributed by atoms with Gasteiger partial charge in [-0.1, -0.05) is 37.3 Å². The van der Waals surface area contributed by atoms with Gasteiger partial charge in [0.05, 0.1) is 12.2 Å². The van der Waals surface area contributed by atoms with Crippen LogP contribution < -0.4 is 10.0 Å². The summed E-state index contributed by atoms with van der Waals surface area (Å²) >= 11 is 0. The van der Waals surface area contributed by atoms with Gasteiger partial charge >= 0.3 is 0 Å². The minimum atomic E-state index is -3.98. The number of aliphatic imine (C=N–C) groups is 1. The van der Waals surface area contributed by atoms with Crippen LogP contribution in [-0.4, -0.2) is 19.4 Å². The van der Waals surface area contributed by atoms with Crippen molar-refractivity contribution in [3.05, 3.63) is 95.2 Å². The van der Waals surface area contributed by atoms with Gasteiger partial charge in [-0.15, -0.1) is 0 Å². The van der Waals surface area contributed by atoms with Gasteiger partial charge in [0.1, 0.15) is 16.5 Å². The number of sulfonamides is 1. The molecule has 5 rings (SSSR count). The fourth-order valence-electron chi connectivity index (χ4n) is 4.16. The predicted octanol–water partition coefficient (Wildman–Crippen LogP) is 4.86. The summed E-state index contributed by atoms with van der Waals surface area (Å²) in [4.78, 5) is 7.37. The topological polar surface area (TPSA) is 86.3 Å². The zero-order valence-corrected chi connectivity index (χ0v) is 18.4. The van der Waals surface area contributed by atoms with Gasteiger partial charge in [-0.05, 0) is 41.5 Å². The van der Waals surface area contributed by atoms with Crippen LogP contribution in [0.2, 0.25) is 0 Å². The molecule has 3 aromatic carbocycles. The number of aromatic nitrogens is 1. The first kappa shape index (κ1) is 21.1. The molecule has 0 fully saturated rings. The van der Waals surface area contributed by atoms with Crippen LogP contribution in [0.15, 0.2) is 76.7 Å². The Balaban J connectivity index is 1.58. The number of halogens is 2. The largest absolute Gasteiger partial charge is 0.361 e. The molecule has 1 aliphatic rings. The minimum Gasteiger partial charge on any atom is -0.361 e. The van der Waals surface area contributed by atoms with Crippen molar-refractivity contribution in [3.8, 4) is 0 Å². The van der Waals surface area contributed by atoms with Gasteiger partial charge in [0.25, 0.3) is 10.0 Å². The number of benzene rings is 3. The quantitative estimate of drug-likeness (QED) is 0.402. The molecule has 1 aliphatic heterocycles. The van der Waals surface area contributed by atoms with E-state index < -0.39 is 27.6 Å². The summed E-state index contributed by atoms with van der Waals surface area (Å²) in [6, 6.07) is 15.9. The molecule has 1 atom stereocenters. The van der Waals surface area contributed by atoms with Gasteiger partial charge in [0.15, 0.2) is 0 Å². The predicted molar refractivity (Wildman–Crippen MR) is 124 cm³/mol. The van der Waals surface area contributed by atoms with E-state index in [2.05, 4.69) is 20.0 Å². The number of hydrogen-bond donors (Lipinski definition) is 3. The Kier molecular flexibility index (Phi) is 5.13. The van der Waals surface area contributed by atoms with E-state index in [0.717, 1.165) is 22.5 Å². The number of para-hydroxylation sites is 1. The van der Waals surface area contributed by atoms with E-state index in [4.69, 9.17) is 0 Å². The SMILES string of the molecule is CC(c1c(F)ccc2c1NC(=NCc1cccc(F)c1)NS2(=O)=O)c1c[nH]c2ccccc12. The van der Waals surface area contributed by atoms with Crippen LogP contribution >= 0.6 is 0 Å². The number of guanidine groups is 1. The van der Waals surface area contributed by atoms with Crippen molar-refractivity contribution in [2.45, 2.75) is 24.3 Å². The number of anilines is 1. The standard InChI is InChI=1S/C24H20F2N4O2S/c1-14(18-13-27-20-8-3-2-7-17(18)20)22-19(26)9-10-21-23(22)29-24(30-33(21,31)32)28-12-15-5-4-6-16(25)11-15/h2-11,13-14,27H,12H2,1H3,(H2,28,29,30). The molecule has 2 heterocycles. The summed E-state index contributed by atoms with van der Waals surface area (Å²) in [7, 11) is -3.98. The maximum Gasteiger partial charge on any atom is 0.266 e. The highest BCUT2D eigenvalue weighted by Gasteiger charge is 2.32. The lowest BCUT2D eigenvalue weighted by Gasteiger charge is -2.26. The molecule has 0 saturated carbocycles. The molecule has 0 amide bonds. The highest BCUT2D eigenvalue weighted by Crippen LogP contribution is 2.40. The van der Waals surface area contributed by atoms with Crippen molar-refractivity contribution in [2.24, 2.45) is 4.99 Å². The van der Waals surface area contributed by atoms with Crippen LogP contribution in [-0.2, 0) is 16.6 Å². The minimum absolute atomic E-state index is 0.0423. The van der Waals surface area contributed by atoms with Crippen molar-refractivity contribution in [2.75, 3.05) is 5.32 Å². The molecule has 168 valence electrons. The lowest BCUT2D eigenvalue weighted by molar-refractivity contribution is 0.586. The molecular formula is C24H20F2N4O2S. The number of aromatic amines is 1. The van der Waals surface area contributed by atoms with Crippen LogP contribution in [0.4, 0.5) is 14.5 Å². The van der Waals surface area contributed by atoms with Crippen molar-refractivity contribution in [3.63, 3.8) is 0 Å². The summed E-state index contributed by atoms with van der Waals surface area (Å²) < 4.78 is 56.8. The van der Waals surface area contributed by atoms with Crippen molar-refractivity contribution >= 4 is 32.6 Å². The van der Waals surface area contributed by atoms with Gasteiger partial charge in [0, 0.05) is 28.6 Å². The monoisotopic (exact) mass is 466 g/mol. The Hall–Kier alpha value is -3.72. The molecule has 1 unspecified atom stereocenters. The summed E-state index contributed by atoms with van der Waals surface area (Å²) in [5.41, 5.74) is 2.68. The van der Waals surface area contributed by atoms with Crippen molar-refractivity contribution < 1.29 is 17.2 Å². The van der Waals surface area contributed by atoms with E-state index >= 15 is 4.39 Å². The number of H-pyrrole nitrogens is 1. The summed E-state index contributed by atoms with van der Waals surface area (Å²) in [6.07, 6.45) is 1.81. The van der Waals surface area contributed by atoms with Crippen molar-refractivity contribution in [1.29, 1.82) is 0 Å². The number of fused-ring (bicyclic) bond motifs is 2. The third-order valence-corrected chi connectivity index (χ3v) is 7.13. The van der Waals surface area contributed by atoms with Crippen LogP contribution in [0.25, 0.3) is 10.9 Å². The average molecular weight is 467 g/mol. The number of hydrogen-bond acceptors (Lipinski definition) is 3. The maximum atomic E-state index is 15.1. The van der Waals surface area contributed by atoms with E-state index in [-0.39, 0.29) is 28.7 Å². The lowest BCUT2D eigenvalue weighted by atomic mass is 9.91. The first-order valence-corrected chi connectivity index (χ1v) is 11.8. The lowest BCUT2D eigenvalue weighted by Crippen LogP contribution is -2.41. The summed E-state index contributed by atoms with van der Waals surface area (Å²) in [5.74, 6) is -1.45. The normalized spacial score (nSPS) is 16.8. The molecule has 6 nitrogen and oxygen atoms in total. The molecule has 9 heteroatoms. The molecule has 1 aromatic heterocycles. The Morgan fingerprint density at radius 3 is 2.67 bits per heavy atom. The van der Waals surface area contributed by atoms with Gasteiger partial charge in [-0.25, -0.2) is 26.9 Å². The first-order chi connectivity index (χ1) is 15.8. The molecule has 33 heavy (non-hydrogen) atoms. The third-order valence-electron chi connectivity index (χ3n) is 5.75. The van der Waals surface area contributed by atoms with Crippen LogP contribution in [0.3, 0.4) is 0 Å². The van der Waals surface area contributed by atoms with E-state index in [1.807, 2.05) is 37.4 Å². The van der Waals surface area contributed by atoms with Crippen LogP contribution in [0.5, 0.6) is 0 Å². The van der Waals surface area contributed by atoms with Gasteiger partial charge in [-0.2, -0.15) is 0 Å². The number of nitrogens with one attached hydrogen (secondary N) is 3. The summed E-state index contributed by atoms with van der Waals surface area (Å²) in [6.45, 7) is 1.87. The van der Waals surface area contributed by atoms with Crippen molar-refractivity contribution in [1.82, 2.24) is 9.71 Å². The molecule has 4 aromatic rings. The van der Waals surface area contributed by atoms with Gasteiger partial charge in [-0.3, -0.25) is 0 Å². The second kappa shape index (κ2) is 8.00. The Morgan fingerprint density at radius 2 is 1.85 bits per heavy atom. The Morgan fingerprint density at radius 1 is 1.03 bits per heavy atom. The Labute approximate surface area is 189 Å². The van der Waals surface area contributed by atoms with Crippen LogP contribution in [0.1, 0.15) is 29.5 Å². The molecule has 0 saturated heterocycles. The average Bonchev–Trinajstić information content (AvgIpc) is 3.21. The third kappa shape index (κ3) is 3.84. The molecular weight excluding hydrogens is 446 g/mol. The maximum absolute atomic E-state index is 15.1. The van der Waals surface area contributed by atoms with Crippen LogP contribution in [0, 0.1) is 11.6 Å². The zero-order valence-electron chi connectivity index (χ0n) is 17.6. The Bertz CT molecular complexity index is 1510. The van der Waals surface area contributed by atoms with Gasteiger partial charge in [0.2, 0.25) is 5.96 Å².